The highest BCUT2D eigenvalue weighted by atomic mass is 32.2. The summed E-state index contributed by atoms with van der Waals surface area (Å²) in [7, 11) is -3.60. The van der Waals surface area contributed by atoms with Gasteiger partial charge in [-0.25, -0.2) is 13.1 Å². The zero-order valence-electron chi connectivity index (χ0n) is 14.6. The minimum Gasteiger partial charge on any atom is -0.325 e. The molecule has 1 amide bonds. The van der Waals surface area contributed by atoms with Gasteiger partial charge in [0.1, 0.15) is 0 Å². The molecule has 2 aromatic rings. The minimum absolute atomic E-state index is 0.0818. The molecule has 5 nitrogen and oxygen atoms in total. The number of fused-ring (bicyclic) bond motifs is 1. The lowest BCUT2D eigenvalue weighted by Crippen LogP contribution is -2.25. The molecule has 1 aliphatic rings. The third-order valence-corrected chi connectivity index (χ3v) is 7.03. The van der Waals surface area contributed by atoms with E-state index in [0.29, 0.717) is 18.0 Å². The fourth-order valence-electron chi connectivity index (χ4n) is 2.67. The maximum absolute atomic E-state index is 12.5. The molecular formula is C19H22N2O3S2. The highest BCUT2D eigenvalue weighted by Gasteiger charge is 2.22. The summed E-state index contributed by atoms with van der Waals surface area (Å²) in [4.78, 5) is 13.1. The van der Waals surface area contributed by atoms with Gasteiger partial charge in [0, 0.05) is 23.1 Å². The topological polar surface area (TPSA) is 75.3 Å². The Hall–Kier alpha value is -1.83. The first kappa shape index (κ1) is 18.9. The van der Waals surface area contributed by atoms with Crippen molar-refractivity contribution in [2.24, 2.45) is 5.92 Å². The molecule has 2 aromatic carbocycles. The van der Waals surface area contributed by atoms with E-state index in [4.69, 9.17) is 0 Å². The van der Waals surface area contributed by atoms with Crippen molar-refractivity contribution >= 4 is 33.4 Å². The third kappa shape index (κ3) is 4.66. The van der Waals surface area contributed by atoms with Gasteiger partial charge in [0.2, 0.25) is 15.9 Å². The number of aryl methyl sites for hydroxylation is 1. The minimum atomic E-state index is -3.60. The van der Waals surface area contributed by atoms with Crippen molar-refractivity contribution in [3.8, 4) is 0 Å². The molecule has 1 atom stereocenters. The molecule has 0 saturated heterocycles. The van der Waals surface area contributed by atoms with E-state index < -0.39 is 10.0 Å². The second kappa shape index (κ2) is 8.24. The normalized spacial score (nSPS) is 17.3. The maximum atomic E-state index is 12.5. The van der Waals surface area contributed by atoms with Crippen LogP contribution in [0.2, 0.25) is 0 Å². The van der Waals surface area contributed by atoms with E-state index >= 15 is 0 Å². The Kier molecular flexibility index (Phi) is 6.01. The molecule has 1 aliphatic heterocycles. The summed E-state index contributed by atoms with van der Waals surface area (Å²) in [5.41, 5.74) is 1.75. The lowest BCUT2D eigenvalue weighted by Gasteiger charge is -2.11. The van der Waals surface area contributed by atoms with Gasteiger partial charge >= 0.3 is 0 Å². The van der Waals surface area contributed by atoms with E-state index in [9.17, 15) is 13.2 Å². The number of rotatable bonds is 6. The van der Waals surface area contributed by atoms with Gasteiger partial charge < -0.3 is 5.32 Å². The number of hydrogen-bond acceptors (Lipinski definition) is 4. The third-order valence-electron chi connectivity index (χ3n) is 4.23. The summed E-state index contributed by atoms with van der Waals surface area (Å²) in [6.07, 6.45) is 1.54. The number of benzene rings is 2. The van der Waals surface area contributed by atoms with E-state index in [-0.39, 0.29) is 16.7 Å². The van der Waals surface area contributed by atoms with Crippen LogP contribution in [0, 0.1) is 5.92 Å². The number of amides is 1. The average molecular weight is 391 g/mol. The van der Waals surface area contributed by atoms with Crippen LogP contribution in [0.15, 0.2) is 58.3 Å². The molecule has 0 saturated carbocycles. The van der Waals surface area contributed by atoms with Crippen molar-refractivity contribution in [1.29, 1.82) is 0 Å². The SMILES string of the molecule is C[C@H]1CSc2ccc(S(=O)(=O)NCCCc3ccccc3)cc2NC1=O. The molecule has 0 spiro atoms. The quantitative estimate of drug-likeness (QED) is 0.742. The van der Waals surface area contributed by atoms with Crippen molar-refractivity contribution < 1.29 is 13.2 Å². The van der Waals surface area contributed by atoms with E-state index in [2.05, 4.69) is 10.0 Å². The highest BCUT2D eigenvalue weighted by molar-refractivity contribution is 7.99. The Bertz CT molecular complexity index is 883. The fraction of sp³-hybridized carbons (Fsp3) is 0.316. The average Bonchev–Trinajstić information content (AvgIpc) is 2.78. The Morgan fingerprint density at radius 2 is 1.96 bits per heavy atom. The van der Waals surface area contributed by atoms with E-state index in [0.717, 1.165) is 17.7 Å². The first-order valence-corrected chi connectivity index (χ1v) is 11.0. The van der Waals surface area contributed by atoms with Crippen LogP contribution in [-0.4, -0.2) is 26.6 Å². The molecule has 0 fully saturated rings. The van der Waals surface area contributed by atoms with Gasteiger partial charge in [-0.05, 0) is 36.6 Å². The number of thioether (sulfide) groups is 1. The summed E-state index contributed by atoms with van der Waals surface area (Å²) >= 11 is 1.56. The number of carbonyl (C=O) groups excluding carboxylic acids is 1. The fourth-order valence-corrected chi connectivity index (χ4v) is 4.78. The number of hydrogen-bond donors (Lipinski definition) is 2. The summed E-state index contributed by atoms with van der Waals surface area (Å²) in [5, 5.41) is 2.82. The standard InChI is InChI=1S/C19H22N2O3S2/c1-14-13-25-18-10-9-16(12-17(18)21-19(14)22)26(23,24)20-11-5-8-15-6-3-2-4-7-15/h2-4,6-7,9-10,12,14,20H,5,8,11,13H2,1H3,(H,21,22)/t14-/m0/s1. The van der Waals surface area contributed by atoms with Crippen molar-refractivity contribution in [3.05, 3.63) is 54.1 Å². The zero-order chi connectivity index (χ0) is 18.6. The summed E-state index contributed by atoms with van der Waals surface area (Å²) < 4.78 is 27.7. The van der Waals surface area contributed by atoms with Gasteiger partial charge in [-0.2, -0.15) is 0 Å². The molecule has 3 rings (SSSR count). The van der Waals surface area contributed by atoms with Gasteiger partial charge in [0.15, 0.2) is 0 Å². The molecule has 0 unspecified atom stereocenters. The molecule has 7 heteroatoms. The van der Waals surface area contributed by atoms with Crippen LogP contribution in [0.4, 0.5) is 5.69 Å². The first-order valence-electron chi connectivity index (χ1n) is 8.57. The van der Waals surface area contributed by atoms with Crippen LogP contribution in [0.3, 0.4) is 0 Å². The second-order valence-electron chi connectivity index (χ2n) is 6.35. The van der Waals surface area contributed by atoms with Crippen molar-refractivity contribution in [1.82, 2.24) is 4.72 Å². The molecule has 0 radical (unpaired) electrons. The number of carbonyl (C=O) groups is 1. The van der Waals surface area contributed by atoms with Crippen LogP contribution in [-0.2, 0) is 21.2 Å². The Balaban J connectivity index is 1.64. The predicted octanol–water partition coefficient (Wildman–Crippen LogP) is 3.28. The summed E-state index contributed by atoms with van der Waals surface area (Å²) in [6, 6.07) is 14.9. The smallest absolute Gasteiger partial charge is 0.240 e. The highest BCUT2D eigenvalue weighted by Crippen LogP contribution is 2.34. The van der Waals surface area contributed by atoms with Gasteiger partial charge in [-0.3, -0.25) is 4.79 Å². The zero-order valence-corrected chi connectivity index (χ0v) is 16.2. The molecule has 26 heavy (non-hydrogen) atoms. The number of anilines is 1. The van der Waals surface area contributed by atoms with Crippen LogP contribution >= 0.6 is 11.8 Å². The Morgan fingerprint density at radius 3 is 2.73 bits per heavy atom. The van der Waals surface area contributed by atoms with E-state index in [1.165, 1.54) is 11.6 Å². The summed E-state index contributed by atoms with van der Waals surface area (Å²) in [6.45, 7) is 2.23. The Morgan fingerprint density at radius 1 is 1.19 bits per heavy atom. The first-order chi connectivity index (χ1) is 12.5. The second-order valence-corrected chi connectivity index (χ2v) is 9.17. The van der Waals surface area contributed by atoms with Crippen molar-refractivity contribution in [2.45, 2.75) is 29.6 Å². The molecule has 1 heterocycles. The van der Waals surface area contributed by atoms with Crippen LogP contribution in [0.25, 0.3) is 0 Å². The van der Waals surface area contributed by atoms with Crippen LogP contribution < -0.4 is 10.0 Å². The summed E-state index contributed by atoms with van der Waals surface area (Å²) in [5.74, 6) is 0.494. The predicted molar refractivity (Wildman–Crippen MR) is 105 cm³/mol. The maximum Gasteiger partial charge on any atom is 0.240 e. The lowest BCUT2D eigenvalue weighted by molar-refractivity contribution is -0.118. The van der Waals surface area contributed by atoms with E-state index in [1.54, 1.807) is 23.9 Å². The molecule has 2 N–H and O–H groups in total. The molecule has 0 bridgehead atoms. The van der Waals surface area contributed by atoms with E-state index in [1.807, 2.05) is 37.3 Å². The monoisotopic (exact) mass is 390 g/mol. The number of nitrogens with one attached hydrogen (secondary N) is 2. The molecule has 138 valence electrons. The number of sulfonamides is 1. The van der Waals surface area contributed by atoms with Crippen molar-refractivity contribution in [3.63, 3.8) is 0 Å². The van der Waals surface area contributed by atoms with Gasteiger partial charge in [-0.1, -0.05) is 37.3 Å². The molecule has 0 aliphatic carbocycles. The molecular weight excluding hydrogens is 368 g/mol. The van der Waals surface area contributed by atoms with Crippen molar-refractivity contribution in [2.75, 3.05) is 17.6 Å². The van der Waals surface area contributed by atoms with Gasteiger partial charge in [0.25, 0.3) is 0 Å². The van der Waals surface area contributed by atoms with Gasteiger partial charge in [0.05, 0.1) is 10.6 Å². The lowest BCUT2D eigenvalue weighted by atomic mass is 10.1. The largest absolute Gasteiger partial charge is 0.325 e. The van der Waals surface area contributed by atoms with Crippen LogP contribution in [0.5, 0.6) is 0 Å². The Labute approximate surface area is 158 Å². The molecule has 0 aromatic heterocycles. The van der Waals surface area contributed by atoms with Crippen LogP contribution in [0.1, 0.15) is 18.9 Å². The van der Waals surface area contributed by atoms with Gasteiger partial charge in [-0.15, -0.1) is 11.8 Å².